The lowest BCUT2D eigenvalue weighted by Crippen LogP contribution is -2.57. The van der Waals surface area contributed by atoms with E-state index in [-0.39, 0.29) is 36.5 Å². The first-order chi connectivity index (χ1) is 13.0. The Bertz CT molecular complexity index is 992. The lowest BCUT2D eigenvalue weighted by atomic mass is 10.1. The molecular weight excluding hydrogens is 348 g/mol. The van der Waals surface area contributed by atoms with Crippen molar-refractivity contribution in [2.75, 3.05) is 25.1 Å². The zero-order valence-electron chi connectivity index (χ0n) is 14.9. The maximum Gasteiger partial charge on any atom is 0.271 e. The molecule has 0 unspecified atom stereocenters. The van der Waals surface area contributed by atoms with Gasteiger partial charge in [-0.2, -0.15) is 5.26 Å². The van der Waals surface area contributed by atoms with Gasteiger partial charge < -0.3 is 19.5 Å². The third-order valence-electron chi connectivity index (χ3n) is 4.49. The molecule has 0 aliphatic carbocycles. The van der Waals surface area contributed by atoms with Crippen molar-refractivity contribution in [1.82, 2.24) is 9.88 Å². The van der Waals surface area contributed by atoms with Crippen molar-refractivity contribution in [3.63, 3.8) is 0 Å². The molecule has 8 nitrogen and oxygen atoms in total. The summed E-state index contributed by atoms with van der Waals surface area (Å²) in [6.07, 6.45) is 1.32. The Hall–Kier alpha value is -3.60. The van der Waals surface area contributed by atoms with Crippen molar-refractivity contribution < 1.29 is 14.3 Å². The Labute approximate surface area is 155 Å². The van der Waals surface area contributed by atoms with Crippen molar-refractivity contribution in [3.05, 3.63) is 58.0 Å². The number of ether oxygens (including phenoxy) is 1. The van der Waals surface area contributed by atoms with Crippen molar-refractivity contribution in [3.8, 4) is 11.8 Å². The van der Waals surface area contributed by atoms with E-state index in [0.29, 0.717) is 11.3 Å². The number of amides is 2. The number of hydrogen-bond donors (Lipinski definition) is 1. The number of pyridine rings is 1. The van der Waals surface area contributed by atoms with Gasteiger partial charge in [0.15, 0.2) is 5.75 Å². The third kappa shape index (κ3) is 3.40. The molecule has 3 rings (SSSR count). The van der Waals surface area contributed by atoms with Crippen LogP contribution >= 0.6 is 0 Å². The second-order valence-electron chi connectivity index (χ2n) is 6.19. The molecule has 0 saturated carbocycles. The molecule has 1 atom stereocenters. The Kier molecular flexibility index (Phi) is 4.94. The minimum absolute atomic E-state index is 0.0892. The van der Waals surface area contributed by atoms with Crippen LogP contribution in [0.5, 0.6) is 5.75 Å². The van der Waals surface area contributed by atoms with Crippen LogP contribution in [0.2, 0.25) is 0 Å². The van der Waals surface area contributed by atoms with E-state index >= 15 is 0 Å². The highest BCUT2D eigenvalue weighted by atomic mass is 16.5. The number of rotatable bonds is 3. The number of methoxy groups -OCH3 is 1. The first-order valence-electron chi connectivity index (χ1n) is 8.33. The van der Waals surface area contributed by atoms with Crippen molar-refractivity contribution >= 4 is 17.5 Å². The maximum absolute atomic E-state index is 12.8. The monoisotopic (exact) mass is 366 g/mol. The molecule has 1 aliphatic rings. The van der Waals surface area contributed by atoms with Crippen LogP contribution in [0.15, 0.2) is 41.3 Å². The van der Waals surface area contributed by atoms with Gasteiger partial charge in [-0.3, -0.25) is 14.4 Å². The largest absolute Gasteiger partial charge is 0.491 e. The predicted octanol–water partition coefficient (Wildman–Crippen LogP) is 1.13. The molecule has 0 bridgehead atoms. The number of aromatic nitrogens is 1. The van der Waals surface area contributed by atoms with E-state index in [1.54, 1.807) is 24.3 Å². The van der Waals surface area contributed by atoms with Gasteiger partial charge in [0.2, 0.25) is 11.3 Å². The molecule has 0 radical (unpaired) electrons. The highest BCUT2D eigenvalue weighted by Crippen LogP contribution is 2.24. The summed E-state index contributed by atoms with van der Waals surface area (Å²) in [6, 6.07) is 9.79. The van der Waals surface area contributed by atoms with E-state index in [1.165, 1.54) is 23.1 Å². The van der Waals surface area contributed by atoms with Crippen LogP contribution in [0.25, 0.3) is 0 Å². The SMILES string of the molecule is COc1c[nH]c(C(=O)N2CC(=O)N(c3ccccc3C#N)C[C@H]2C)cc1=O. The Morgan fingerprint density at radius 2 is 2.07 bits per heavy atom. The quantitative estimate of drug-likeness (QED) is 0.876. The summed E-state index contributed by atoms with van der Waals surface area (Å²) in [5, 5.41) is 9.26. The molecule has 1 aromatic carbocycles. The normalized spacial score (nSPS) is 16.8. The van der Waals surface area contributed by atoms with Crippen molar-refractivity contribution in [2.45, 2.75) is 13.0 Å². The molecule has 27 heavy (non-hydrogen) atoms. The number of nitriles is 1. The van der Waals surface area contributed by atoms with E-state index in [0.717, 1.165) is 6.07 Å². The summed E-state index contributed by atoms with van der Waals surface area (Å²) in [5.41, 5.74) is 0.602. The Morgan fingerprint density at radius 1 is 1.33 bits per heavy atom. The van der Waals surface area contributed by atoms with E-state index < -0.39 is 11.3 Å². The molecular formula is C19H18N4O4. The summed E-state index contributed by atoms with van der Waals surface area (Å²) in [6.45, 7) is 1.92. The fraction of sp³-hybridized carbons (Fsp3) is 0.263. The number of H-pyrrole nitrogens is 1. The van der Waals surface area contributed by atoms with Gasteiger partial charge in [-0.1, -0.05) is 12.1 Å². The van der Waals surface area contributed by atoms with Gasteiger partial charge in [-0.15, -0.1) is 0 Å². The van der Waals surface area contributed by atoms with Crippen LogP contribution in [-0.4, -0.2) is 47.9 Å². The van der Waals surface area contributed by atoms with Gasteiger partial charge in [-0.25, -0.2) is 0 Å². The van der Waals surface area contributed by atoms with Gasteiger partial charge in [0.1, 0.15) is 18.3 Å². The zero-order chi connectivity index (χ0) is 19.6. The number of piperazine rings is 1. The minimum Gasteiger partial charge on any atom is -0.491 e. The fourth-order valence-electron chi connectivity index (χ4n) is 3.06. The first kappa shape index (κ1) is 18.2. The number of anilines is 1. The minimum atomic E-state index is -0.441. The number of para-hydroxylation sites is 1. The zero-order valence-corrected chi connectivity index (χ0v) is 14.9. The topological polar surface area (TPSA) is 106 Å². The molecule has 8 heteroatoms. The summed E-state index contributed by atoms with van der Waals surface area (Å²) < 4.78 is 4.89. The molecule has 138 valence electrons. The highest BCUT2D eigenvalue weighted by Gasteiger charge is 2.34. The van der Waals surface area contributed by atoms with Gasteiger partial charge >= 0.3 is 0 Å². The van der Waals surface area contributed by atoms with Gasteiger partial charge in [-0.05, 0) is 19.1 Å². The average molecular weight is 366 g/mol. The first-order valence-corrected chi connectivity index (χ1v) is 8.33. The van der Waals surface area contributed by atoms with Crippen LogP contribution in [0, 0.1) is 11.3 Å². The van der Waals surface area contributed by atoms with E-state index in [4.69, 9.17) is 4.74 Å². The Balaban J connectivity index is 1.84. The average Bonchev–Trinajstić information content (AvgIpc) is 2.68. The molecule has 1 saturated heterocycles. The maximum atomic E-state index is 12.8. The van der Waals surface area contributed by atoms with Gasteiger partial charge in [0, 0.05) is 24.8 Å². The molecule has 2 amide bonds. The summed E-state index contributed by atoms with van der Waals surface area (Å²) >= 11 is 0. The number of nitrogens with zero attached hydrogens (tertiary/aromatic N) is 3. The van der Waals surface area contributed by atoms with E-state index in [9.17, 15) is 19.6 Å². The van der Waals surface area contributed by atoms with E-state index in [1.807, 2.05) is 6.92 Å². The van der Waals surface area contributed by atoms with Crippen LogP contribution in [-0.2, 0) is 4.79 Å². The van der Waals surface area contributed by atoms with Gasteiger partial charge in [0.05, 0.1) is 18.4 Å². The predicted molar refractivity (Wildman–Crippen MR) is 97.6 cm³/mol. The van der Waals surface area contributed by atoms with Crippen LogP contribution in [0.1, 0.15) is 23.0 Å². The third-order valence-corrected chi connectivity index (χ3v) is 4.49. The number of carbonyl (C=O) groups excluding carboxylic acids is 2. The number of benzene rings is 1. The summed E-state index contributed by atoms with van der Waals surface area (Å²) in [4.78, 5) is 43.0. The van der Waals surface area contributed by atoms with Crippen molar-refractivity contribution in [1.29, 1.82) is 5.26 Å². The Morgan fingerprint density at radius 3 is 2.74 bits per heavy atom. The molecule has 1 aromatic heterocycles. The molecule has 1 fully saturated rings. The smallest absolute Gasteiger partial charge is 0.271 e. The van der Waals surface area contributed by atoms with Crippen molar-refractivity contribution in [2.24, 2.45) is 0 Å². The fourth-order valence-corrected chi connectivity index (χ4v) is 3.06. The number of hydrogen-bond acceptors (Lipinski definition) is 5. The standard InChI is InChI=1S/C19H18N4O4/c1-12-10-23(15-6-4-3-5-13(15)8-20)18(25)11-22(12)19(26)14-7-16(24)17(27-2)9-21-14/h3-7,9,12H,10-11H2,1-2H3,(H,21,24)/t12-/m1/s1. The summed E-state index contributed by atoms with van der Waals surface area (Å²) in [5.74, 6) is -0.627. The molecule has 0 spiro atoms. The molecule has 1 aliphatic heterocycles. The second-order valence-corrected chi connectivity index (χ2v) is 6.19. The molecule has 1 N–H and O–H groups in total. The summed E-state index contributed by atoms with van der Waals surface area (Å²) in [7, 11) is 1.37. The number of aromatic amines is 1. The van der Waals surface area contributed by atoms with Crippen LogP contribution < -0.4 is 15.1 Å². The molecule has 2 aromatic rings. The van der Waals surface area contributed by atoms with E-state index in [2.05, 4.69) is 11.1 Å². The number of carbonyl (C=O) groups is 2. The second kappa shape index (κ2) is 7.33. The highest BCUT2D eigenvalue weighted by molar-refractivity contribution is 6.01. The van der Waals surface area contributed by atoms with Gasteiger partial charge in [0.25, 0.3) is 5.91 Å². The lowest BCUT2D eigenvalue weighted by Gasteiger charge is -2.39. The lowest BCUT2D eigenvalue weighted by molar-refractivity contribution is -0.121. The number of nitrogens with one attached hydrogen (secondary N) is 1. The van der Waals surface area contributed by atoms with Crippen LogP contribution in [0.4, 0.5) is 5.69 Å². The van der Waals surface area contributed by atoms with Crippen LogP contribution in [0.3, 0.4) is 0 Å². The molecule has 2 heterocycles.